The minimum absolute atomic E-state index is 0.254. The first-order valence-electron chi connectivity index (χ1n) is 6.40. The first-order chi connectivity index (χ1) is 8.56. The van der Waals surface area contributed by atoms with Crippen LogP contribution in [0.15, 0.2) is 18.2 Å². The van der Waals surface area contributed by atoms with Gasteiger partial charge in [0.1, 0.15) is 0 Å². The molecule has 1 aromatic rings. The van der Waals surface area contributed by atoms with Crippen molar-refractivity contribution in [3.05, 3.63) is 35.4 Å². The van der Waals surface area contributed by atoms with E-state index in [-0.39, 0.29) is 6.10 Å². The molecule has 18 heavy (non-hydrogen) atoms. The Hall–Kier alpha value is -1.00. The van der Waals surface area contributed by atoms with Crippen LogP contribution in [0.1, 0.15) is 25.3 Å². The largest absolute Gasteiger partial charge is 0.393 e. The molecule has 100 valence electrons. The first-order valence-corrected chi connectivity index (χ1v) is 6.40. The molecule has 1 heterocycles. The number of hydrogen-bond donors (Lipinski definition) is 1. The fourth-order valence-corrected chi connectivity index (χ4v) is 2.49. The predicted octanol–water partition coefficient (Wildman–Crippen LogP) is 2.56. The molecule has 1 saturated heterocycles. The molecular formula is C14H19F2NO. The van der Waals surface area contributed by atoms with Crippen molar-refractivity contribution in [2.24, 2.45) is 5.92 Å². The Kier molecular flexibility index (Phi) is 4.30. The number of hydrogen-bond acceptors (Lipinski definition) is 2. The van der Waals surface area contributed by atoms with Gasteiger partial charge in [0.2, 0.25) is 0 Å². The highest BCUT2D eigenvalue weighted by Gasteiger charge is 2.22. The van der Waals surface area contributed by atoms with Crippen LogP contribution >= 0.6 is 0 Å². The number of aliphatic hydroxyl groups excluding tert-OH is 1. The van der Waals surface area contributed by atoms with Gasteiger partial charge in [-0.15, -0.1) is 0 Å². The highest BCUT2D eigenvalue weighted by Crippen LogP contribution is 2.22. The van der Waals surface area contributed by atoms with Crippen molar-refractivity contribution in [1.82, 2.24) is 4.90 Å². The molecule has 2 rings (SSSR count). The molecule has 0 aromatic heterocycles. The fourth-order valence-electron chi connectivity index (χ4n) is 2.49. The summed E-state index contributed by atoms with van der Waals surface area (Å²) >= 11 is 0. The third-order valence-corrected chi connectivity index (χ3v) is 3.70. The Labute approximate surface area is 106 Å². The summed E-state index contributed by atoms with van der Waals surface area (Å²) in [5.41, 5.74) is 0.796. The van der Waals surface area contributed by atoms with Crippen molar-refractivity contribution in [2.45, 2.75) is 32.4 Å². The number of aliphatic hydroxyl groups is 1. The summed E-state index contributed by atoms with van der Waals surface area (Å²) in [6, 6.07) is 4.06. The maximum atomic E-state index is 13.1. The SMILES string of the molecule is CC(O)C1CCN(Cc2ccc(F)c(F)c2)CC1. The molecule has 1 aliphatic rings. The lowest BCUT2D eigenvalue weighted by Crippen LogP contribution is -2.36. The fraction of sp³-hybridized carbons (Fsp3) is 0.571. The van der Waals surface area contributed by atoms with E-state index >= 15 is 0 Å². The topological polar surface area (TPSA) is 23.5 Å². The summed E-state index contributed by atoms with van der Waals surface area (Å²) in [6.07, 6.45) is 1.67. The maximum Gasteiger partial charge on any atom is 0.159 e. The van der Waals surface area contributed by atoms with Crippen LogP contribution in [0.3, 0.4) is 0 Å². The van der Waals surface area contributed by atoms with Crippen LogP contribution in [0, 0.1) is 17.6 Å². The van der Waals surface area contributed by atoms with E-state index in [0.29, 0.717) is 12.5 Å². The van der Waals surface area contributed by atoms with Gasteiger partial charge in [0.15, 0.2) is 11.6 Å². The predicted molar refractivity (Wildman–Crippen MR) is 66.0 cm³/mol. The van der Waals surface area contributed by atoms with Crippen LogP contribution in [0.25, 0.3) is 0 Å². The number of likely N-dealkylation sites (tertiary alicyclic amines) is 1. The Morgan fingerprint density at radius 3 is 2.50 bits per heavy atom. The van der Waals surface area contributed by atoms with E-state index in [9.17, 15) is 13.9 Å². The Morgan fingerprint density at radius 1 is 1.28 bits per heavy atom. The van der Waals surface area contributed by atoms with E-state index in [4.69, 9.17) is 0 Å². The molecule has 1 unspecified atom stereocenters. The monoisotopic (exact) mass is 255 g/mol. The number of benzene rings is 1. The van der Waals surface area contributed by atoms with Crippen molar-refractivity contribution in [1.29, 1.82) is 0 Å². The summed E-state index contributed by atoms with van der Waals surface area (Å²) in [5.74, 6) is -1.22. The number of piperidine rings is 1. The molecule has 0 bridgehead atoms. The molecule has 0 amide bonds. The molecule has 0 radical (unpaired) electrons. The standard InChI is InChI=1S/C14H19F2NO/c1-10(18)12-4-6-17(7-5-12)9-11-2-3-13(15)14(16)8-11/h2-3,8,10,12,18H,4-7,9H2,1H3. The lowest BCUT2D eigenvalue weighted by Gasteiger charge is -2.33. The Bertz CT molecular complexity index is 401. The number of halogens is 2. The van der Waals surface area contributed by atoms with Crippen LogP contribution in [-0.2, 0) is 6.54 Å². The molecule has 1 atom stereocenters. The van der Waals surface area contributed by atoms with Gasteiger partial charge in [-0.25, -0.2) is 8.78 Å². The van der Waals surface area contributed by atoms with E-state index in [1.165, 1.54) is 12.1 Å². The highest BCUT2D eigenvalue weighted by atomic mass is 19.2. The first kappa shape index (κ1) is 13.4. The molecule has 1 fully saturated rings. The van der Waals surface area contributed by atoms with Gasteiger partial charge in [-0.05, 0) is 56.5 Å². The van der Waals surface area contributed by atoms with Crippen molar-refractivity contribution < 1.29 is 13.9 Å². The van der Waals surface area contributed by atoms with Gasteiger partial charge in [-0.3, -0.25) is 4.90 Å². The molecule has 1 aliphatic heterocycles. The lowest BCUT2D eigenvalue weighted by molar-refractivity contribution is 0.0695. The molecule has 0 saturated carbocycles. The van der Waals surface area contributed by atoms with Crippen LogP contribution in [-0.4, -0.2) is 29.2 Å². The summed E-state index contributed by atoms with van der Waals surface area (Å²) in [6.45, 7) is 4.27. The third kappa shape index (κ3) is 3.27. The van der Waals surface area contributed by atoms with E-state index < -0.39 is 11.6 Å². The van der Waals surface area contributed by atoms with Crippen LogP contribution in [0.4, 0.5) is 8.78 Å². The van der Waals surface area contributed by atoms with Gasteiger partial charge >= 0.3 is 0 Å². The zero-order chi connectivity index (χ0) is 13.1. The molecule has 1 aromatic carbocycles. The van der Waals surface area contributed by atoms with E-state index in [0.717, 1.165) is 31.5 Å². The van der Waals surface area contributed by atoms with E-state index in [1.54, 1.807) is 6.07 Å². The summed E-state index contributed by atoms with van der Waals surface area (Å²) in [4.78, 5) is 2.21. The van der Waals surface area contributed by atoms with Crippen molar-refractivity contribution in [3.63, 3.8) is 0 Å². The van der Waals surface area contributed by atoms with Crippen molar-refractivity contribution in [3.8, 4) is 0 Å². The lowest BCUT2D eigenvalue weighted by atomic mass is 9.92. The third-order valence-electron chi connectivity index (χ3n) is 3.70. The van der Waals surface area contributed by atoms with Crippen LogP contribution in [0.2, 0.25) is 0 Å². The average molecular weight is 255 g/mol. The zero-order valence-electron chi connectivity index (χ0n) is 10.6. The maximum absolute atomic E-state index is 13.1. The number of rotatable bonds is 3. The minimum Gasteiger partial charge on any atom is -0.393 e. The quantitative estimate of drug-likeness (QED) is 0.897. The van der Waals surface area contributed by atoms with Crippen molar-refractivity contribution >= 4 is 0 Å². The van der Waals surface area contributed by atoms with Crippen LogP contribution < -0.4 is 0 Å². The smallest absolute Gasteiger partial charge is 0.159 e. The molecule has 2 nitrogen and oxygen atoms in total. The molecule has 0 aliphatic carbocycles. The molecule has 1 N–H and O–H groups in total. The summed E-state index contributed by atoms with van der Waals surface area (Å²) < 4.78 is 25.9. The Balaban J connectivity index is 1.89. The van der Waals surface area contributed by atoms with Gasteiger partial charge in [0.05, 0.1) is 6.10 Å². The summed E-state index contributed by atoms with van der Waals surface area (Å²) in [7, 11) is 0. The van der Waals surface area contributed by atoms with Gasteiger partial charge in [0, 0.05) is 6.54 Å². The second-order valence-corrected chi connectivity index (χ2v) is 5.10. The second-order valence-electron chi connectivity index (χ2n) is 5.10. The van der Waals surface area contributed by atoms with Crippen molar-refractivity contribution in [2.75, 3.05) is 13.1 Å². The normalized spacial score (nSPS) is 20.0. The van der Waals surface area contributed by atoms with E-state index in [1.807, 2.05) is 6.92 Å². The molecule has 4 heteroatoms. The average Bonchev–Trinajstić information content (AvgIpc) is 2.34. The molecule has 0 spiro atoms. The van der Waals surface area contributed by atoms with Gasteiger partial charge in [-0.2, -0.15) is 0 Å². The minimum atomic E-state index is -0.799. The zero-order valence-corrected chi connectivity index (χ0v) is 10.6. The van der Waals surface area contributed by atoms with Crippen LogP contribution in [0.5, 0.6) is 0 Å². The number of nitrogens with zero attached hydrogens (tertiary/aromatic N) is 1. The van der Waals surface area contributed by atoms with E-state index in [2.05, 4.69) is 4.90 Å². The highest BCUT2D eigenvalue weighted by molar-refractivity contribution is 5.17. The van der Waals surface area contributed by atoms with Gasteiger partial charge < -0.3 is 5.11 Å². The van der Waals surface area contributed by atoms with Gasteiger partial charge in [0.25, 0.3) is 0 Å². The molecular weight excluding hydrogens is 236 g/mol. The Morgan fingerprint density at radius 2 is 1.94 bits per heavy atom. The van der Waals surface area contributed by atoms with Gasteiger partial charge in [-0.1, -0.05) is 6.07 Å². The summed E-state index contributed by atoms with van der Waals surface area (Å²) in [5, 5.41) is 9.51. The second kappa shape index (κ2) is 5.76.